The Morgan fingerprint density at radius 2 is 1.81 bits per heavy atom. The molecule has 3 aromatic rings. The van der Waals surface area contributed by atoms with Crippen molar-refractivity contribution in [3.63, 3.8) is 0 Å². The first-order valence-corrected chi connectivity index (χ1v) is 8.27. The third-order valence-electron chi connectivity index (χ3n) is 4.39. The number of hydrogen-bond acceptors (Lipinski definition) is 4. The second-order valence-electron chi connectivity index (χ2n) is 6.16. The lowest BCUT2D eigenvalue weighted by molar-refractivity contribution is -0.139. The number of amides is 3. The number of likely N-dealkylation sites (tertiary alicyclic amines) is 1. The molecule has 1 fully saturated rings. The first kappa shape index (κ1) is 16.0. The summed E-state index contributed by atoms with van der Waals surface area (Å²) in [6.45, 7) is 0.266. The average Bonchev–Trinajstić information content (AvgIpc) is 3.24. The highest BCUT2D eigenvalue weighted by Crippen LogP contribution is 2.18. The summed E-state index contributed by atoms with van der Waals surface area (Å²) in [6, 6.07) is 12.4. The van der Waals surface area contributed by atoms with Gasteiger partial charge in [-0.15, -0.1) is 0 Å². The standard InChI is InChI=1S/C19H16N4O3/c24-17-7-8-18(25)23(17)10-12-1-4-14(5-2-12)22-19(26)13-3-6-15-16(9-13)21-11-20-15/h1-6,9,11H,7-8,10H2,(H,20,21)(H,22,26). The molecule has 2 aromatic carbocycles. The molecule has 130 valence electrons. The van der Waals surface area contributed by atoms with Gasteiger partial charge in [0.2, 0.25) is 11.8 Å². The van der Waals surface area contributed by atoms with E-state index in [4.69, 9.17) is 0 Å². The van der Waals surface area contributed by atoms with Gasteiger partial charge >= 0.3 is 0 Å². The minimum atomic E-state index is -0.223. The van der Waals surface area contributed by atoms with Crippen LogP contribution >= 0.6 is 0 Å². The highest BCUT2D eigenvalue weighted by Gasteiger charge is 2.28. The minimum Gasteiger partial charge on any atom is -0.345 e. The normalized spacial score (nSPS) is 14.2. The smallest absolute Gasteiger partial charge is 0.255 e. The fourth-order valence-corrected chi connectivity index (χ4v) is 2.96. The maximum absolute atomic E-state index is 12.4. The van der Waals surface area contributed by atoms with Crippen LogP contribution in [0, 0.1) is 0 Å². The predicted molar refractivity (Wildman–Crippen MR) is 95.3 cm³/mol. The van der Waals surface area contributed by atoms with Crippen molar-refractivity contribution in [1.82, 2.24) is 14.9 Å². The summed E-state index contributed by atoms with van der Waals surface area (Å²) in [5.74, 6) is -0.498. The number of carbonyl (C=O) groups is 3. The van der Waals surface area contributed by atoms with Crippen LogP contribution in [0.3, 0.4) is 0 Å². The van der Waals surface area contributed by atoms with Crippen LogP contribution in [-0.2, 0) is 16.1 Å². The lowest BCUT2D eigenvalue weighted by Gasteiger charge is -2.14. The number of nitrogens with one attached hydrogen (secondary N) is 2. The molecule has 2 N–H and O–H groups in total. The maximum atomic E-state index is 12.4. The van der Waals surface area contributed by atoms with Crippen LogP contribution < -0.4 is 5.32 Å². The topological polar surface area (TPSA) is 95.2 Å². The first-order valence-electron chi connectivity index (χ1n) is 8.27. The van der Waals surface area contributed by atoms with Crippen molar-refractivity contribution in [3.05, 3.63) is 59.9 Å². The molecule has 1 aromatic heterocycles. The molecule has 0 spiro atoms. The predicted octanol–water partition coefficient (Wildman–Crippen LogP) is 2.46. The molecule has 3 amide bonds. The summed E-state index contributed by atoms with van der Waals surface area (Å²) in [4.78, 5) is 44.1. The van der Waals surface area contributed by atoms with Gasteiger partial charge in [-0.1, -0.05) is 12.1 Å². The number of anilines is 1. The highest BCUT2D eigenvalue weighted by atomic mass is 16.2. The summed E-state index contributed by atoms with van der Waals surface area (Å²) < 4.78 is 0. The number of aromatic amines is 1. The Morgan fingerprint density at radius 3 is 2.54 bits per heavy atom. The monoisotopic (exact) mass is 348 g/mol. The van der Waals surface area contributed by atoms with Crippen LogP contribution in [-0.4, -0.2) is 32.6 Å². The number of hydrogen-bond donors (Lipinski definition) is 2. The van der Waals surface area contributed by atoms with Crippen molar-refractivity contribution in [3.8, 4) is 0 Å². The number of nitrogens with zero attached hydrogens (tertiary/aromatic N) is 2. The van der Waals surface area contributed by atoms with Gasteiger partial charge in [0, 0.05) is 24.1 Å². The van der Waals surface area contributed by atoms with Gasteiger partial charge in [-0.05, 0) is 35.9 Å². The van der Waals surface area contributed by atoms with Crippen molar-refractivity contribution >= 4 is 34.4 Å². The molecule has 1 aliphatic rings. The van der Waals surface area contributed by atoms with E-state index < -0.39 is 0 Å². The van der Waals surface area contributed by atoms with Crippen LogP contribution in [0.25, 0.3) is 11.0 Å². The summed E-state index contributed by atoms with van der Waals surface area (Å²) in [6.07, 6.45) is 2.15. The Labute approximate surface area is 149 Å². The second-order valence-corrected chi connectivity index (χ2v) is 6.16. The van der Waals surface area contributed by atoms with Crippen LogP contribution in [0.4, 0.5) is 5.69 Å². The summed E-state index contributed by atoms with van der Waals surface area (Å²) in [5.41, 5.74) is 3.61. The molecule has 0 radical (unpaired) electrons. The fourth-order valence-electron chi connectivity index (χ4n) is 2.96. The minimum absolute atomic E-state index is 0.137. The van der Waals surface area contributed by atoms with E-state index in [-0.39, 0.29) is 37.1 Å². The summed E-state index contributed by atoms with van der Waals surface area (Å²) in [7, 11) is 0. The van der Waals surface area contributed by atoms with Gasteiger partial charge in [0.15, 0.2) is 0 Å². The quantitative estimate of drug-likeness (QED) is 0.708. The molecule has 7 heteroatoms. The summed E-state index contributed by atoms with van der Waals surface area (Å²) in [5, 5.41) is 2.83. The molecule has 26 heavy (non-hydrogen) atoms. The maximum Gasteiger partial charge on any atom is 0.255 e. The van der Waals surface area contributed by atoms with Gasteiger partial charge in [-0.25, -0.2) is 4.98 Å². The number of rotatable bonds is 4. The molecule has 0 atom stereocenters. The van der Waals surface area contributed by atoms with E-state index in [0.29, 0.717) is 11.3 Å². The van der Waals surface area contributed by atoms with Gasteiger partial charge in [0.25, 0.3) is 5.91 Å². The molecule has 0 bridgehead atoms. The van der Waals surface area contributed by atoms with E-state index in [1.54, 1.807) is 48.8 Å². The first-order chi connectivity index (χ1) is 12.6. The van der Waals surface area contributed by atoms with Crippen molar-refractivity contribution < 1.29 is 14.4 Å². The highest BCUT2D eigenvalue weighted by molar-refractivity contribution is 6.06. The molecule has 0 saturated carbocycles. The number of fused-ring (bicyclic) bond motifs is 1. The zero-order chi connectivity index (χ0) is 18.1. The number of benzene rings is 2. The average molecular weight is 348 g/mol. The summed E-state index contributed by atoms with van der Waals surface area (Å²) >= 11 is 0. The molecule has 1 aliphatic heterocycles. The number of carbonyl (C=O) groups excluding carboxylic acids is 3. The van der Waals surface area contributed by atoms with E-state index in [9.17, 15) is 14.4 Å². The molecule has 0 unspecified atom stereocenters. The molecule has 1 saturated heterocycles. The van der Waals surface area contributed by atoms with Crippen molar-refractivity contribution in [1.29, 1.82) is 0 Å². The number of imidazole rings is 1. The van der Waals surface area contributed by atoms with E-state index in [1.807, 2.05) is 0 Å². The molecule has 7 nitrogen and oxygen atoms in total. The Kier molecular flexibility index (Phi) is 3.96. The van der Waals surface area contributed by atoms with E-state index in [2.05, 4.69) is 15.3 Å². The van der Waals surface area contributed by atoms with Gasteiger partial charge in [0.1, 0.15) is 0 Å². The van der Waals surface area contributed by atoms with Crippen molar-refractivity contribution in [2.45, 2.75) is 19.4 Å². The van der Waals surface area contributed by atoms with Crippen LogP contribution in [0.2, 0.25) is 0 Å². The third-order valence-corrected chi connectivity index (χ3v) is 4.39. The molecular formula is C19H16N4O3. The molecule has 0 aliphatic carbocycles. The van der Waals surface area contributed by atoms with Crippen LogP contribution in [0.1, 0.15) is 28.8 Å². The molecular weight excluding hydrogens is 332 g/mol. The molecule has 4 rings (SSSR count). The fraction of sp³-hybridized carbons (Fsp3) is 0.158. The number of aromatic nitrogens is 2. The van der Waals surface area contributed by atoms with E-state index >= 15 is 0 Å². The Morgan fingerprint density at radius 1 is 1.08 bits per heavy atom. The zero-order valence-electron chi connectivity index (χ0n) is 13.9. The van der Waals surface area contributed by atoms with Crippen LogP contribution in [0.15, 0.2) is 48.8 Å². The number of imide groups is 1. The molecule has 2 heterocycles. The van der Waals surface area contributed by atoms with Crippen molar-refractivity contribution in [2.24, 2.45) is 0 Å². The van der Waals surface area contributed by atoms with Gasteiger partial charge in [0.05, 0.1) is 23.9 Å². The van der Waals surface area contributed by atoms with Crippen LogP contribution in [0.5, 0.6) is 0 Å². The zero-order valence-corrected chi connectivity index (χ0v) is 13.9. The van der Waals surface area contributed by atoms with Gasteiger partial charge in [-0.2, -0.15) is 0 Å². The second kappa shape index (κ2) is 6.44. The largest absolute Gasteiger partial charge is 0.345 e. The lowest BCUT2D eigenvalue weighted by atomic mass is 10.1. The van der Waals surface area contributed by atoms with Crippen molar-refractivity contribution in [2.75, 3.05) is 5.32 Å². The SMILES string of the molecule is O=C(Nc1ccc(CN2C(=O)CCC2=O)cc1)c1ccc2nc[nH]c2c1. The Bertz CT molecular complexity index is 991. The lowest BCUT2D eigenvalue weighted by Crippen LogP contribution is -2.28. The Hall–Kier alpha value is -3.48. The van der Waals surface area contributed by atoms with Gasteiger partial charge < -0.3 is 10.3 Å². The van der Waals surface area contributed by atoms with E-state index in [1.165, 1.54) is 4.90 Å². The van der Waals surface area contributed by atoms with E-state index in [0.717, 1.165) is 16.6 Å². The Balaban J connectivity index is 1.44. The van der Waals surface area contributed by atoms with Gasteiger partial charge in [-0.3, -0.25) is 19.3 Å². The number of H-pyrrole nitrogens is 1. The third kappa shape index (κ3) is 3.06.